The molecule has 102 valence electrons. The Kier molecular flexibility index (Phi) is 9.55. The first-order valence-electron chi connectivity index (χ1n) is 6.50. The molecule has 0 amide bonds. The van der Waals surface area contributed by atoms with Crippen LogP contribution < -0.4 is 0 Å². The van der Waals surface area contributed by atoms with Crippen molar-refractivity contribution in [3.63, 3.8) is 0 Å². The van der Waals surface area contributed by atoms with Gasteiger partial charge in [-0.2, -0.15) is 0 Å². The van der Waals surface area contributed by atoms with Crippen LogP contribution in [0, 0.1) is 0 Å². The summed E-state index contributed by atoms with van der Waals surface area (Å²) in [5.41, 5.74) is 0. The second-order valence-corrected chi connectivity index (χ2v) is 4.11. The van der Waals surface area contributed by atoms with Crippen LogP contribution >= 0.6 is 0 Å². The first kappa shape index (κ1) is 14.9. The summed E-state index contributed by atoms with van der Waals surface area (Å²) in [7, 11) is 0. The van der Waals surface area contributed by atoms with E-state index >= 15 is 0 Å². The Labute approximate surface area is 104 Å². The minimum Gasteiger partial charge on any atom is -0.394 e. The Morgan fingerprint density at radius 2 is 1.29 bits per heavy atom. The van der Waals surface area contributed by atoms with Gasteiger partial charge in [-0.05, 0) is 25.9 Å². The molecule has 0 spiro atoms. The monoisotopic (exact) mass is 247 g/mol. The summed E-state index contributed by atoms with van der Waals surface area (Å²) < 4.78 is 15.8. The summed E-state index contributed by atoms with van der Waals surface area (Å²) in [6.07, 6.45) is 2.66. The van der Waals surface area contributed by atoms with Gasteiger partial charge >= 0.3 is 0 Å². The lowest BCUT2D eigenvalue weighted by Gasteiger charge is -2.14. The van der Waals surface area contributed by atoms with Gasteiger partial charge in [-0.25, -0.2) is 0 Å². The summed E-state index contributed by atoms with van der Waals surface area (Å²) in [6.45, 7) is 7.10. The third kappa shape index (κ3) is 8.51. The summed E-state index contributed by atoms with van der Waals surface area (Å²) >= 11 is 0. The summed E-state index contributed by atoms with van der Waals surface area (Å²) in [4.78, 5) is 2.43. The van der Waals surface area contributed by atoms with E-state index in [1.165, 1.54) is 25.9 Å². The van der Waals surface area contributed by atoms with E-state index < -0.39 is 0 Å². The molecule has 1 heterocycles. The van der Waals surface area contributed by atoms with E-state index in [1.54, 1.807) is 0 Å². The predicted molar refractivity (Wildman–Crippen MR) is 65.2 cm³/mol. The van der Waals surface area contributed by atoms with Crippen LogP contribution in [-0.4, -0.2) is 75.9 Å². The minimum absolute atomic E-state index is 0.0691. The zero-order chi connectivity index (χ0) is 12.2. The van der Waals surface area contributed by atoms with Crippen molar-refractivity contribution in [1.29, 1.82) is 0 Å². The highest BCUT2D eigenvalue weighted by atomic mass is 16.5. The van der Waals surface area contributed by atoms with Gasteiger partial charge in [0.25, 0.3) is 0 Å². The average Bonchev–Trinajstić information content (AvgIpc) is 2.85. The molecule has 5 heteroatoms. The topological polar surface area (TPSA) is 51.2 Å². The minimum atomic E-state index is 0.0691. The van der Waals surface area contributed by atoms with E-state index in [0.29, 0.717) is 33.0 Å². The Morgan fingerprint density at radius 1 is 0.765 bits per heavy atom. The van der Waals surface area contributed by atoms with Crippen molar-refractivity contribution in [3.05, 3.63) is 0 Å². The molecule has 1 saturated heterocycles. The van der Waals surface area contributed by atoms with Crippen molar-refractivity contribution in [2.24, 2.45) is 0 Å². The third-order valence-corrected chi connectivity index (χ3v) is 2.73. The molecule has 1 aliphatic rings. The van der Waals surface area contributed by atoms with Crippen LogP contribution in [0.5, 0.6) is 0 Å². The van der Waals surface area contributed by atoms with Gasteiger partial charge in [0, 0.05) is 6.54 Å². The lowest BCUT2D eigenvalue weighted by Crippen LogP contribution is -2.24. The number of aliphatic hydroxyl groups excluding tert-OH is 1. The Balaban J connectivity index is 1.69. The van der Waals surface area contributed by atoms with Gasteiger partial charge in [0.15, 0.2) is 0 Å². The molecule has 5 nitrogen and oxygen atoms in total. The van der Waals surface area contributed by atoms with Gasteiger partial charge in [-0.1, -0.05) is 0 Å². The Bertz CT molecular complexity index is 163. The van der Waals surface area contributed by atoms with Crippen LogP contribution in [0.4, 0.5) is 0 Å². The molecule has 0 aliphatic carbocycles. The van der Waals surface area contributed by atoms with Gasteiger partial charge in [0.05, 0.1) is 46.2 Å². The van der Waals surface area contributed by atoms with Crippen LogP contribution in [-0.2, 0) is 14.2 Å². The molecule has 0 aromatic rings. The Hall–Kier alpha value is -0.200. The summed E-state index contributed by atoms with van der Waals surface area (Å²) in [5, 5.41) is 8.47. The van der Waals surface area contributed by atoms with Crippen molar-refractivity contribution in [1.82, 2.24) is 4.90 Å². The fourth-order valence-electron chi connectivity index (χ4n) is 1.81. The van der Waals surface area contributed by atoms with Gasteiger partial charge in [0.2, 0.25) is 0 Å². The van der Waals surface area contributed by atoms with Crippen molar-refractivity contribution in [2.45, 2.75) is 12.8 Å². The molecule has 1 N–H and O–H groups in total. The molecule has 1 rings (SSSR count). The smallest absolute Gasteiger partial charge is 0.0701 e. The zero-order valence-electron chi connectivity index (χ0n) is 10.6. The number of rotatable bonds is 11. The number of hydrogen-bond donors (Lipinski definition) is 1. The molecule has 1 fully saturated rings. The van der Waals surface area contributed by atoms with Crippen molar-refractivity contribution < 1.29 is 19.3 Å². The van der Waals surface area contributed by atoms with E-state index in [-0.39, 0.29) is 6.61 Å². The van der Waals surface area contributed by atoms with Crippen LogP contribution in [0.1, 0.15) is 12.8 Å². The van der Waals surface area contributed by atoms with Gasteiger partial charge in [0.1, 0.15) is 0 Å². The number of hydrogen-bond acceptors (Lipinski definition) is 5. The molecular formula is C12H25NO4. The van der Waals surface area contributed by atoms with Crippen LogP contribution in [0.25, 0.3) is 0 Å². The van der Waals surface area contributed by atoms with E-state index in [4.69, 9.17) is 19.3 Å². The van der Waals surface area contributed by atoms with Gasteiger partial charge < -0.3 is 24.2 Å². The highest BCUT2D eigenvalue weighted by Crippen LogP contribution is 2.05. The van der Waals surface area contributed by atoms with E-state index in [0.717, 1.165) is 13.2 Å². The third-order valence-electron chi connectivity index (χ3n) is 2.73. The fraction of sp³-hybridized carbons (Fsp3) is 1.00. The molecular weight excluding hydrogens is 222 g/mol. The SMILES string of the molecule is OCCOCCOCCOCCN1CCCC1. The summed E-state index contributed by atoms with van der Waals surface area (Å²) in [5.74, 6) is 0. The maximum absolute atomic E-state index is 8.47. The molecule has 0 aromatic heterocycles. The molecule has 1 aliphatic heterocycles. The van der Waals surface area contributed by atoms with Crippen LogP contribution in [0.2, 0.25) is 0 Å². The molecule has 0 bridgehead atoms. The Morgan fingerprint density at radius 3 is 1.88 bits per heavy atom. The second-order valence-electron chi connectivity index (χ2n) is 4.11. The maximum atomic E-state index is 8.47. The molecule has 0 radical (unpaired) electrons. The van der Waals surface area contributed by atoms with Gasteiger partial charge in [-0.15, -0.1) is 0 Å². The second kappa shape index (κ2) is 10.9. The summed E-state index contributed by atoms with van der Waals surface area (Å²) in [6, 6.07) is 0. The first-order chi connectivity index (χ1) is 8.43. The van der Waals surface area contributed by atoms with Crippen LogP contribution in [0.3, 0.4) is 0 Å². The van der Waals surface area contributed by atoms with E-state index in [1.807, 2.05) is 0 Å². The molecule has 0 saturated carbocycles. The lowest BCUT2D eigenvalue weighted by atomic mass is 10.4. The highest BCUT2D eigenvalue weighted by Gasteiger charge is 2.09. The first-order valence-corrected chi connectivity index (χ1v) is 6.50. The van der Waals surface area contributed by atoms with Crippen LogP contribution in [0.15, 0.2) is 0 Å². The predicted octanol–water partition coefficient (Wildman–Crippen LogP) is 0.124. The maximum Gasteiger partial charge on any atom is 0.0701 e. The van der Waals surface area contributed by atoms with Crippen molar-refractivity contribution >= 4 is 0 Å². The number of ether oxygens (including phenoxy) is 3. The average molecular weight is 247 g/mol. The van der Waals surface area contributed by atoms with Gasteiger partial charge in [-0.3, -0.25) is 0 Å². The normalized spacial score (nSPS) is 16.8. The molecule has 0 aromatic carbocycles. The van der Waals surface area contributed by atoms with Crippen molar-refractivity contribution in [3.8, 4) is 0 Å². The quantitative estimate of drug-likeness (QED) is 0.526. The molecule has 0 unspecified atom stereocenters. The van der Waals surface area contributed by atoms with E-state index in [9.17, 15) is 0 Å². The number of nitrogens with zero attached hydrogens (tertiary/aromatic N) is 1. The zero-order valence-corrected chi connectivity index (χ0v) is 10.6. The highest BCUT2D eigenvalue weighted by molar-refractivity contribution is 4.64. The standard InChI is InChI=1S/C12H25NO4/c14-6-8-16-10-12-17-11-9-15-7-5-13-3-1-2-4-13/h14H,1-12H2. The van der Waals surface area contributed by atoms with E-state index in [2.05, 4.69) is 4.90 Å². The molecule has 0 atom stereocenters. The number of likely N-dealkylation sites (tertiary alicyclic amines) is 1. The number of aliphatic hydroxyl groups is 1. The molecule has 17 heavy (non-hydrogen) atoms. The lowest BCUT2D eigenvalue weighted by molar-refractivity contribution is 0.00533. The largest absolute Gasteiger partial charge is 0.394 e. The van der Waals surface area contributed by atoms with Crippen molar-refractivity contribution in [2.75, 3.05) is 65.9 Å². The fourth-order valence-corrected chi connectivity index (χ4v) is 1.81.